The molecule has 2 aromatic rings. The number of hydrogen-bond donors (Lipinski definition) is 0. The number of piperidine rings is 1. The summed E-state index contributed by atoms with van der Waals surface area (Å²) in [7, 11) is 0. The second-order valence-corrected chi connectivity index (χ2v) is 8.63. The quantitative estimate of drug-likeness (QED) is 0.775. The van der Waals surface area contributed by atoms with Gasteiger partial charge in [-0.2, -0.15) is 0 Å². The summed E-state index contributed by atoms with van der Waals surface area (Å²) in [5, 5.41) is 1.09. The number of aryl methyl sites for hydroxylation is 1. The van der Waals surface area contributed by atoms with Crippen molar-refractivity contribution in [2.24, 2.45) is 11.8 Å². The number of likely N-dealkylation sites (tertiary alicyclic amines) is 1. The molecule has 134 valence electrons. The van der Waals surface area contributed by atoms with Crippen molar-refractivity contribution in [2.75, 3.05) is 13.1 Å². The lowest BCUT2D eigenvalue weighted by molar-refractivity contribution is 0.0694. The van der Waals surface area contributed by atoms with Gasteiger partial charge in [0, 0.05) is 19.5 Å². The number of rotatable bonds is 5. The smallest absolute Gasteiger partial charge is 0.265 e. The summed E-state index contributed by atoms with van der Waals surface area (Å²) in [6.45, 7) is 8.08. The summed E-state index contributed by atoms with van der Waals surface area (Å²) in [6.07, 6.45) is 4.27. The van der Waals surface area contributed by atoms with Crippen molar-refractivity contribution in [3.63, 3.8) is 0 Å². The molecule has 1 aliphatic rings. The second kappa shape index (κ2) is 8.13. The summed E-state index contributed by atoms with van der Waals surface area (Å²) >= 11 is 1.59. The highest BCUT2D eigenvalue weighted by Crippen LogP contribution is 2.26. The zero-order valence-corrected chi connectivity index (χ0v) is 16.3. The molecular formula is C21H28N2OS. The lowest BCUT2D eigenvalue weighted by atomic mass is 9.90. The van der Waals surface area contributed by atoms with Crippen molar-refractivity contribution in [1.82, 2.24) is 9.88 Å². The number of aromatic nitrogens is 1. The fourth-order valence-electron chi connectivity index (χ4n) is 3.52. The average Bonchev–Trinajstić information content (AvgIpc) is 2.95. The minimum atomic E-state index is 0.183. The molecule has 0 saturated carbocycles. The van der Waals surface area contributed by atoms with Gasteiger partial charge in [-0.3, -0.25) is 4.79 Å². The fourth-order valence-corrected chi connectivity index (χ4v) is 4.76. The third kappa shape index (κ3) is 4.69. The Bertz CT molecular complexity index is 700. The third-order valence-electron chi connectivity index (χ3n) is 4.89. The summed E-state index contributed by atoms with van der Waals surface area (Å²) in [5.41, 5.74) is 2.31. The van der Waals surface area contributed by atoms with Crippen molar-refractivity contribution in [2.45, 2.75) is 46.5 Å². The maximum Gasteiger partial charge on any atom is 0.265 e. The monoisotopic (exact) mass is 356 g/mol. The van der Waals surface area contributed by atoms with Gasteiger partial charge in [-0.05, 0) is 43.6 Å². The molecule has 0 spiro atoms. The molecule has 0 bridgehead atoms. The summed E-state index contributed by atoms with van der Waals surface area (Å²) in [5.74, 6) is 1.44. The number of thiazole rings is 1. The lowest BCUT2D eigenvalue weighted by Gasteiger charge is -2.32. The van der Waals surface area contributed by atoms with Gasteiger partial charge in [-0.1, -0.05) is 44.2 Å². The Morgan fingerprint density at radius 1 is 1.24 bits per heavy atom. The van der Waals surface area contributed by atoms with Crippen LogP contribution >= 0.6 is 11.3 Å². The van der Waals surface area contributed by atoms with E-state index in [-0.39, 0.29) is 5.91 Å². The van der Waals surface area contributed by atoms with Gasteiger partial charge in [-0.25, -0.2) is 4.98 Å². The second-order valence-electron chi connectivity index (χ2n) is 7.55. The van der Waals surface area contributed by atoms with Gasteiger partial charge in [0.05, 0.1) is 10.7 Å². The number of benzene rings is 1. The molecule has 4 heteroatoms. The molecule has 0 N–H and O–H groups in total. The zero-order valence-electron chi connectivity index (χ0n) is 15.5. The van der Waals surface area contributed by atoms with Gasteiger partial charge in [-0.15, -0.1) is 11.3 Å². The van der Waals surface area contributed by atoms with Crippen molar-refractivity contribution < 1.29 is 4.79 Å². The highest BCUT2D eigenvalue weighted by Gasteiger charge is 2.26. The van der Waals surface area contributed by atoms with E-state index < -0.39 is 0 Å². The Hall–Kier alpha value is -1.68. The van der Waals surface area contributed by atoms with E-state index in [1.807, 2.05) is 11.8 Å². The van der Waals surface area contributed by atoms with Crippen LogP contribution in [0.25, 0.3) is 0 Å². The van der Waals surface area contributed by atoms with E-state index in [2.05, 4.69) is 49.2 Å². The minimum absolute atomic E-state index is 0.183. The van der Waals surface area contributed by atoms with Gasteiger partial charge >= 0.3 is 0 Å². The molecule has 3 nitrogen and oxygen atoms in total. The number of nitrogens with zero attached hydrogens (tertiary/aromatic N) is 2. The van der Waals surface area contributed by atoms with Gasteiger partial charge in [0.25, 0.3) is 5.91 Å². The molecule has 1 aromatic carbocycles. The molecule has 1 aliphatic heterocycles. The summed E-state index contributed by atoms with van der Waals surface area (Å²) in [4.78, 5) is 20.4. The van der Waals surface area contributed by atoms with E-state index >= 15 is 0 Å². The molecular weight excluding hydrogens is 328 g/mol. The van der Waals surface area contributed by atoms with Crippen LogP contribution in [0.5, 0.6) is 0 Å². The van der Waals surface area contributed by atoms with Crippen LogP contribution in [0.15, 0.2) is 30.3 Å². The van der Waals surface area contributed by atoms with Crippen LogP contribution in [-0.4, -0.2) is 28.9 Å². The third-order valence-corrected chi connectivity index (χ3v) is 6.05. The van der Waals surface area contributed by atoms with E-state index in [0.717, 1.165) is 54.4 Å². The Morgan fingerprint density at radius 3 is 2.56 bits per heavy atom. The normalized spacial score (nSPS) is 15.8. The molecule has 2 heterocycles. The first-order chi connectivity index (χ1) is 12.0. The molecule has 0 unspecified atom stereocenters. The molecule has 1 saturated heterocycles. The minimum Gasteiger partial charge on any atom is -0.338 e. The Balaban J connectivity index is 1.57. The largest absolute Gasteiger partial charge is 0.338 e. The van der Waals surface area contributed by atoms with E-state index in [9.17, 15) is 4.79 Å². The highest BCUT2D eigenvalue weighted by atomic mass is 32.1. The fraction of sp³-hybridized carbons (Fsp3) is 0.524. The first-order valence-electron chi connectivity index (χ1n) is 9.32. The van der Waals surface area contributed by atoms with Gasteiger partial charge in [0.1, 0.15) is 4.88 Å². The summed E-state index contributed by atoms with van der Waals surface area (Å²) < 4.78 is 0. The van der Waals surface area contributed by atoms with Crippen molar-refractivity contribution in [1.29, 1.82) is 0 Å². The van der Waals surface area contributed by atoms with Gasteiger partial charge in [0.15, 0.2) is 0 Å². The van der Waals surface area contributed by atoms with Crippen LogP contribution in [0.3, 0.4) is 0 Å². The average molecular weight is 357 g/mol. The van der Waals surface area contributed by atoms with Crippen LogP contribution in [0, 0.1) is 18.8 Å². The lowest BCUT2D eigenvalue weighted by Crippen LogP contribution is -2.38. The van der Waals surface area contributed by atoms with E-state index in [1.54, 1.807) is 11.3 Å². The summed E-state index contributed by atoms with van der Waals surface area (Å²) in [6, 6.07) is 10.7. The van der Waals surface area contributed by atoms with Crippen LogP contribution in [-0.2, 0) is 12.8 Å². The van der Waals surface area contributed by atoms with E-state index in [1.165, 1.54) is 5.56 Å². The highest BCUT2D eigenvalue weighted by molar-refractivity contribution is 7.13. The van der Waals surface area contributed by atoms with E-state index in [4.69, 9.17) is 0 Å². The molecule has 25 heavy (non-hydrogen) atoms. The van der Waals surface area contributed by atoms with Crippen molar-refractivity contribution >= 4 is 17.2 Å². The number of hydrogen-bond acceptors (Lipinski definition) is 3. The number of carbonyl (C=O) groups is 1. The molecule has 0 atom stereocenters. The maximum absolute atomic E-state index is 12.9. The Morgan fingerprint density at radius 2 is 1.92 bits per heavy atom. The maximum atomic E-state index is 12.9. The van der Waals surface area contributed by atoms with Gasteiger partial charge in [0.2, 0.25) is 0 Å². The molecule has 1 amide bonds. The molecule has 0 radical (unpaired) electrons. The topological polar surface area (TPSA) is 33.2 Å². The molecule has 1 aromatic heterocycles. The van der Waals surface area contributed by atoms with Crippen LogP contribution in [0.2, 0.25) is 0 Å². The van der Waals surface area contributed by atoms with Gasteiger partial charge < -0.3 is 4.90 Å². The predicted octanol–water partition coefficient (Wildman–Crippen LogP) is 4.74. The van der Waals surface area contributed by atoms with Crippen LogP contribution in [0.4, 0.5) is 0 Å². The number of carbonyl (C=O) groups excluding carboxylic acids is 1. The SMILES string of the molecule is Cc1nc(CC(C)C)sc1C(=O)N1CCC(Cc2ccccc2)CC1. The van der Waals surface area contributed by atoms with Crippen LogP contribution < -0.4 is 0 Å². The molecule has 1 fully saturated rings. The van der Waals surface area contributed by atoms with Crippen LogP contribution in [0.1, 0.15) is 52.6 Å². The molecule has 0 aliphatic carbocycles. The van der Waals surface area contributed by atoms with E-state index in [0.29, 0.717) is 11.8 Å². The van der Waals surface area contributed by atoms with Crippen molar-refractivity contribution in [3.05, 3.63) is 51.5 Å². The first kappa shape index (κ1) is 18.1. The zero-order chi connectivity index (χ0) is 17.8. The molecule has 3 rings (SSSR count). The van der Waals surface area contributed by atoms with Crippen molar-refractivity contribution in [3.8, 4) is 0 Å². The first-order valence-corrected chi connectivity index (χ1v) is 10.1. The standard InChI is InChI=1S/C21H28N2OS/c1-15(2)13-19-22-16(3)20(25-19)21(24)23-11-9-18(10-12-23)14-17-7-5-4-6-8-17/h4-8,15,18H,9-14H2,1-3H3. The number of amides is 1. The Labute approximate surface area is 155 Å². The predicted molar refractivity (Wildman–Crippen MR) is 104 cm³/mol. The Kier molecular flexibility index (Phi) is 5.89.